The molecule has 0 unspecified atom stereocenters. The summed E-state index contributed by atoms with van der Waals surface area (Å²) < 4.78 is 1.98. The first-order valence-electron chi connectivity index (χ1n) is 6.41. The third kappa shape index (κ3) is 2.27. The van der Waals surface area contributed by atoms with Crippen molar-refractivity contribution in [3.63, 3.8) is 0 Å². The zero-order valence-corrected chi connectivity index (χ0v) is 11.3. The average molecular weight is 263 g/mol. The van der Waals surface area contributed by atoms with Crippen molar-refractivity contribution >= 4 is 22.2 Å². The smallest absolute Gasteiger partial charge is 0.228 e. The zero-order valence-electron chi connectivity index (χ0n) is 10.5. The average Bonchev–Trinajstić information content (AvgIpc) is 2.90. The Hall–Kier alpha value is -1.36. The van der Waals surface area contributed by atoms with Gasteiger partial charge in [-0.2, -0.15) is 0 Å². The summed E-state index contributed by atoms with van der Waals surface area (Å²) in [6.45, 7) is 4.07. The molecule has 1 amide bonds. The highest BCUT2D eigenvalue weighted by molar-refractivity contribution is 7.15. The molecular formula is C13H17N3OS. The molecule has 0 radical (unpaired) electrons. The number of rotatable bonds is 2. The number of imidazole rings is 1. The first-order chi connectivity index (χ1) is 8.72. The Morgan fingerprint density at radius 3 is 3.00 bits per heavy atom. The monoisotopic (exact) mass is 263 g/mol. The second-order valence-corrected chi connectivity index (χ2v) is 5.94. The van der Waals surface area contributed by atoms with E-state index in [0.717, 1.165) is 42.5 Å². The van der Waals surface area contributed by atoms with Crippen LogP contribution < -0.4 is 0 Å². The lowest BCUT2D eigenvalue weighted by atomic mass is 9.99. The topological polar surface area (TPSA) is 37.6 Å². The van der Waals surface area contributed by atoms with Gasteiger partial charge in [0.15, 0.2) is 4.96 Å². The van der Waals surface area contributed by atoms with Crippen molar-refractivity contribution in [3.05, 3.63) is 23.5 Å². The number of hydrogen-bond donors (Lipinski definition) is 0. The van der Waals surface area contributed by atoms with E-state index >= 15 is 0 Å². The summed E-state index contributed by atoms with van der Waals surface area (Å²) in [5.74, 6) is 0.972. The molecule has 2 aromatic heterocycles. The SMILES string of the molecule is CC1CCN(C(=O)Cc2cn3ccsc3n2)CC1. The third-order valence-corrected chi connectivity index (χ3v) is 4.38. The maximum absolute atomic E-state index is 12.2. The summed E-state index contributed by atoms with van der Waals surface area (Å²) in [6.07, 6.45) is 6.62. The number of thiazole rings is 1. The van der Waals surface area contributed by atoms with Crippen LogP contribution in [0, 0.1) is 5.92 Å². The second-order valence-electron chi connectivity index (χ2n) is 5.07. The van der Waals surface area contributed by atoms with E-state index in [2.05, 4.69) is 11.9 Å². The predicted molar refractivity (Wildman–Crippen MR) is 71.8 cm³/mol. The number of amides is 1. The lowest BCUT2D eigenvalue weighted by Gasteiger charge is -2.30. The Balaban J connectivity index is 1.65. The second kappa shape index (κ2) is 4.72. The van der Waals surface area contributed by atoms with Crippen LogP contribution in [0.5, 0.6) is 0 Å². The van der Waals surface area contributed by atoms with Crippen LogP contribution in [-0.4, -0.2) is 33.3 Å². The maximum atomic E-state index is 12.2. The van der Waals surface area contributed by atoms with Crippen LogP contribution in [0.1, 0.15) is 25.5 Å². The van der Waals surface area contributed by atoms with Crippen LogP contribution >= 0.6 is 11.3 Å². The Morgan fingerprint density at radius 1 is 1.50 bits per heavy atom. The van der Waals surface area contributed by atoms with Gasteiger partial charge in [-0.3, -0.25) is 9.20 Å². The number of carbonyl (C=O) groups excluding carboxylic acids is 1. The van der Waals surface area contributed by atoms with E-state index in [4.69, 9.17) is 0 Å². The molecule has 96 valence electrons. The lowest BCUT2D eigenvalue weighted by Crippen LogP contribution is -2.38. The van der Waals surface area contributed by atoms with Crippen molar-refractivity contribution in [3.8, 4) is 0 Å². The Kier molecular flexibility index (Phi) is 3.07. The molecule has 2 aromatic rings. The van der Waals surface area contributed by atoms with E-state index in [1.165, 1.54) is 0 Å². The molecule has 1 aliphatic heterocycles. The first-order valence-corrected chi connectivity index (χ1v) is 7.29. The van der Waals surface area contributed by atoms with Gasteiger partial charge in [0.05, 0.1) is 12.1 Å². The fraction of sp³-hybridized carbons (Fsp3) is 0.538. The van der Waals surface area contributed by atoms with E-state index in [0.29, 0.717) is 6.42 Å². The van der Waals surface area contributed by atoms with Gasteiger partial charge in [-0.05, 0) is 18.8 Å². The molecule has 0 aromatic carbocycles. The molecule has 1 aliphatic rings. The third-order valence-electron chi connectivity index (χ3n) is 3.61. The minimum atomic E-state index is 0.215. The summed E-state index contributed by atoms with van der Waals surface area (Å²) in [5, 5.41) is 2.00. The van der Waals surface area contributed by atoms with Gasteiger partial charge >= 0.3 is 0 Å². The highest BCUT2D eigenvalue weighted by Gasteiger charge is 2.21. The number of likely N-dealkylation sites (tertiary alicyclic amines) is 1. The van der Waals surface area contributed by atoms with E-state index in [1.54, 1.807) is 11.3 Å². The van der Waals surface area contributed by atoms with Crippen molar-refractivity contribution in [1.82, 2.24) is 14.3 Å². The van der Waals surface area contributed by atoms with Gasteiger partial charge in [-0.1, -0.05) is 6.92 Å². The summed E-state index contributed by atoms with van der Waals surface area (Å²) in [7, 11) is 0. The Morgan fingerprint density at radius 2 is 2.28 bits per heavy atom. The van der Waals surface area contributed by atoms with Crippen LogP contribution in [0.2, 0.25) is 0 Å². The molecule has 1 saturated heterocycles. The van der Waals surface area contributed by atoms with Crippen molar-refractivity contribution in [2.75, 3.05) is 13.1 Å². The van der Waals surface area contributed by atoms with E-state index < -0.39 is 0 Å². The van der Waals surface area contributed by atoms with Gasteiger partial charge in [0.2, 0.25) is 5.91 Å². The molecule has 1 fully saturated rings. The fourth-order valence-corrected chi connectivity index (χ4v) is 3.10. The molecule has 0 atom stereocenters. The molecule has 0 N–H and O–H groups in total. The number of aromatic nitrogens is 2. The van der Waals surface area contributed by atoms with Crippen LogP contribution in [0.3, 0.4) is 0 Å². The number of nitrogens with zero attached hydrogens (tertiary/aromatic N) is 3. The molecule has 0 spiro atoms. The van der Waals surface area contributed by atoms with Crippen molar-refractivity contribution < 1.29 is 4.79 Å². The molecular weight excluding hydrogens is 246 g/mol. The summed E-state index contributed by atoms with van der Waals surface area (Å²) in [4.78, 5) is 19.6. The standard InChI is InChI=1S/C13H17N3OS/c1-10-2-4-15(5-3-10)12(17)8-11-9-16-6-7-18-13(16)14-11/h6-7,9-10H,2-5,8H2,1H3. The largest absolute Gasteiger partial charge is 0.342 e. The quantitative estimate of drug-likeness (QED) is 0.833. The van der Waals surface area contributed by atoms with Gasteiger partial charge in [0.25, 0.3) is 0 Å². The summed E-state index contributed by atoms with van der Waals surface area (Å²) in [6, 6.07) is 0. The molecule has 5 heteroatoms. The van der Waals surface area contributed by atoms with Crippen molar-refractivity contribution in [1.29, 1.82) is 0 Å². The predicted octanol–water partition coefficient (Wildman–Crippen LogP) is 2.20. The minimum absolute atomic E-state index is 0.215. The molecule has 4 nitrogen and oxygen atoms in total. The van der Waals surface area contributed by atoms with Gasteiger partial charge in [0, 0.05) is 30.9 Å². The maximum Gasteiger partial charge on any atom is 0.228 e. The highest BCUT2D eigenvalue weighted by atomic mass is 32.1. The number of piperidine rings is 1. The molecule has 0 saturated carbocycles. The highest BCUT2D eigenvalue weighted by Crippen LogP contribution is 2.17. The van der Waals surface area contributed by atoms with E-state index in [1.807, 2.05) is 27.1 Å². The summed E-state index contributed by atoms with van der Waals surface area (Å²) >= 11 is 1.60. The van der Waals surface area contributed by atoms with E-state index in [-0.39, 0.29) is 5.91 Å². The van der Waals surface area contributed by atoms with Gasteiger partial charge in [-0.15, -0.1) is 11.3 Å². The van der Waals surface area contributed by atoms with E-state index in [9.17, 15) is 4.79 Å². The normalized spacial score (nSPS) is 17.5. The van der Waals surface area contributed by atoms with Crippen LogP contribution in [0.4, 0.5) is 0 Å². The molecule has 3 rings (SSSR count). The Labute approximate surface area is 110 Å². The number of hydrogen-bond acceptors (Lipinski definition) is 3. The molecule has 3 heterocycles. The van der Waals surface area contributed by atoms with Crippen LogP contribution in [-0.2, 0) is 11.2 Å². The minimum Gasteiger partial charge on any atom is -0.342 e. The number of fused-ring (bicyclic) bond motifs is 1. The first kappa shape index (κ1) is 11.7. The van der Waals surface area contributed by atoms with Gasteiger partial charge in [0.1, 0.15) is 0 Å². The Bertz CT molecular complexity index is 523. The van der Waals surface area contributed by atoms with Crippen molar-refractivity contribution in [2.24, 2.45) is 5.92 Å². The van der Waals surface area contributed by atoms with Gasteiger partial charge in [-0.25, -0.2) is 4.98 Å². The van der Waals surface area contributed by atoms with Gasteiger partial charge < -0.3 is 4.90 Å². The molecule has 0 aliphatic carbocycles. The molecule has 0 bridgehead atoms. The lowest BCUT2D eigenvalue weighted by molar-refractivity contribution is -0.131. The summed E-state index contributed by atoms with van der Waals surface area (Å²) in [5.41, 5.74) is 0.880. The molecule has 18 heavy (non-hydrogen) atoms. The fourth-order valence-electron chi connectivity index (χ4n) is 2.39. The van der Waals surface area contributed by atoms with Crippen LogP contribution in [0.25, 0.3) is 4.96 Å². The van der Waals surface area contributed by atoms with Crippen LogP contribution in [0.15, 0.2) is 17.8 Å². The number of carbonyl (C=O) groups is 1. The zero-order chi connectivity index (χ0) is 12.5. The van der Waals surface area contributed by atoms with Crippen molar-refractivity contribution in [2.45, 2.75) is 26.2 Å².